The summed E-state index contributed by atoms with van der Waals surface area (Å²) in [4.78, 5) is 25.8. The molecule has 7 nitrogen and oxygen atoms in total. The van der Waals surface area contributed by atoms with Gasteiger partial charge in [-0.05, 0) is 18.2 Å². The summed E-state index contributed by atoms with van der Waals surface area (Å²) in [5, 5.41) is 12.7. The van der Waals surface area contributed by atoms with Gasteiger partial charge >= 0.3 is 11.9 Å². The van der Waals surface area contributed by atoms with Gasteiger partial charge in [0.05, 0.1) is 22.6 Å². The highest BCUT2D eigenvalue weighted by atomic mass is 35.5. The minimum Gasteiger partial charge on any atom is -0.490 e. The maximum Gasteiger partial charge on any atom is 0.417 e. The van der Waals surface area contributed by atoms with Gasteiger partial charge in [0.1, 0.15) is 0 Å². The lowest BCUT2D eigenvalue weighted by molar-refractivity contribution is -0.385. The second-order valence-corrected chi connectivity index (χ2v) is 5.06. The summed E-state index contributed by atoms with van der Waals surface area (Å²) >= 11 is 5.69. The molecule has 25 heavy (non-hydrogen) atoms. The number of nitro benzene ring substituents is 1. The highest BCUT2D eigenvalue weighted by Gasteiger charge is 2.31. The molecule has 11 heteroatoms. The Morgan fingerprint density at radius 1 is 1.36 bits per heavy atom. The van der Waals surface area contributed by atoms with Crippen LogP contribution in [0.1, 0.15) is 15.9 Å². The molecule has 1 aromatic heterocycles. The molecule has 0 aliphatic carbocycles. The van der Waals surface area contributed by atoms with Gasteiger partial charge in [0.25, 0.3) is 5.91 Å². The van der Waals surface area contributed by atoms with Gasteiger partial charge in [-0.25, -0.2) is 4.98 Å². The summed E-state index contributed by atoms with van der Waals surface area (Å²) in [5.74, 6) is -1.19. The molecule has 0 radical (unpaired) electrons. The average molecular weight is 376 g/mol. The second kappa shape index (κ2) is 6.93. The molecular weight excluding hydrogens is 367 g/mol. The van der Waals surface area contributed by atoms with E-state index in [1.54, 1.807) is 0 Å². The summed E-state index contributed by atoms with van der Waals surface area (Å²) in [6, 6.07) is 4.04. The number of aromatic nitrogens is 1. The number of alkyl halides is 3. The number of nitro groups is 1. The van der Waals surface area contributed by atoms with Crippen molar-refractivity contribution in [3.05, 3.63) is 56.7 Å². The van der Waals surface area contributed by atoms with Gasteiger partial charge in [-0.1, -0.05) is 11.6 Å². The first-order valence-electron chi connectivity index (χ1n) is 6.50. The van der Waals surface area contributed by atoms with Gasteiger partial charge < -0.3 is 10.1 Å². The van der Waals surface area contributed by atoms with Crippen LogP contribution in [0.3, 0.4) is 0 Å². The fraction of sp³-hybridized carbons (Fsp3) is 0.143. The number of pyridine rings is 1. The molecule has 0 spiro atoms. The number of methoxy groups -OCH3 is 1. The molecule has 0 saturated carbocycles. The van der Waals surface area contributed by atoms with Crippen LogP contribution in [0.25, 0.3) is 0 Å². The number of amides is 1. The number of rotatable bonds is 4. The van der Waals surface area contributed by atoms with Crippen molar-refractivity contribution in [3.63, 3.8) is 0 Å². The molecule has 2 aromatic rings. The van der Waals surface area contributed by atoms with E-state index in [1.165, 1.54) is 19.2 Å². The lowest BCUT2D eigenvalue weighted by Gasteiger charge is -2.10. The molecule has 1 amide bonds. The highest BCUT2D eigenvalue weighted by Crippen LogP contribution is 2.33. The topological polar surface area (TPSA) is 94.4 Å². The molecule has 2 rings (SSSR count). The van der Waals surface area contributed by atoms with Gasteiger partial charge in [0.2, 0.25) is 0 Å². The van der Waals surface area contributed by atoms with E-state index in [4.69, 9.17) is 16.3 Å². The van der Waals surface area contributed by atoms with E-state index >= 15 is 0 Å². The maximum absolute atomic E-state index is 12.6. The molecule has 0 bridgehead atoms. The number of nitrogens with one attached hydrogen (secondary N) is 1. The highest BCUT2D eigenvalue weighted by molar-refractivity contribution is 6.33. The fourth-order valence-electron chi connectivity index (χ4n) is 1.84. The molecule has 1 aromatic carbocycles. The van der Waals surface area contributed by atoms with Crippen LogP contribution < -0.4 is 10.1 Å². The van der Waals surface area contributed by atoms with Gasteiger partial charge in [0, 0.05) is 17.8 Å². The smallest absolute Gasteiger partial charge is 0.417 e. The third-order valence-electron chi connectivity index (χ3n) is 3.04. The molecule has 0 fully saturated rings. The van der Waals surface area contributed by atoms with Crippen molar-refractivity contribution >= 4 is 29.0 Å². The van der Waals surface area contributed by atoms with Gasteiger partial charge in [-0.2, -0.15) is 13.2 Å². The van der Waals surface area contributed by atoms with Gasteiger partial charge in [0.15, 0.2) is 11.6 Å². The van der Waals surface area contributed by atoms with Crippen LogP contribution >= 0.6 is 11.6 Å². The van der Waals surface area contributed by atoms with Crippen molar-refractivity contribution in [2.75, 3.05) is 12.4 Å². The Bertz CT molecular complexity index is 843. The summed E-state index contributed by atoms with van der Waals surface area (Å²) in [6.45, 7) is 0. The number of hydrogen-bond acceptors (Lipinski definition) is 5. The third kappa shape index (κ3) is 4.15. The SMILES string of the molecule is COc1ccc(C(=O)Nc2ncc(C(F)(F)F)cc2Cl)cc1[N+](=O)[O-]. The number of benzene rings is 1. The van der Waals surface area contributed by atoms with E-state index in [2.05, 4.69) is 10.3 Å². The predicted molar refractivity (Wildman–Crippen MR) is 81.9 cm³/mol. The standard InChI is InChI=1S/C14H9ClF3N3O4/c1-25-11-3-2-7(4-10(11)21(23)24)13(22)20-12-9(15)5-8(6-19-12)14(16,17)18/h2-6H,1H3,(H,19,20,22). The molecule has 0 atom stereocenters. The number of ether oxygens (including phenoxy) is 1. The molecular formula is C14H9ClF3N3O4. The summed E-state index contributed by atoms with van der Waals surface area (Å²) in [5.41, 5.74) is -1.64. The van der Waals surface area contributed by atoms with Crippen molar-refractivity contribution in [3.8, 4) is 5.75 Å². The quantitative estimate of drug-likeness (QED) is 0.645. The van der Waals surface area contributed by atoms with E-state index < -0.39 is 33.3 Å². The number of carbonyl (C=O) groups is 1. The number of halogens is 4. The fourth-order valence-corrected chi connectivity index (χ4v) is 2.05. The van der Waals surface area contributed by atoms with Crippen molar-refractivity contribution in [2.45, 2.75) is 6.18 Å². The molecule has 132 valence electrons. The Hall–Kier alpha value is -2.88. The van der Waals surface area contributed by atoms with Gasteiger partial charge in [-0.3, -0.25) is 14.9 Å². The van der Waals surface area contributed by atoms with Crippen molar-refractivity contribution in [1.82, 2.24) is 4.98 Å². The van der Waals surface area contributed by atoms with Crippen LogP contribution in [0.4, 0.5) is 24.7 Å². The van der Waals surface area contributed by atoms with E-state index in [9.17, 15) is 28.1 Å². The van der Waals surface area contributed by atoms with E-state index in [1.807, 2.05) is 0 Å². The normalized spacial score (nSPS) is 11.1. The number of hydrogen-bond donors (Lipinski definition) is 1. The van der Waals surface area contributed by atoms with E-state index in [0.29, 0.717) is 12.3 Å². The van der Waals surface area contributed by atoms with Crippen molar-refractivity contribution in [2.24, 2.45) is 0 Å². The molecule has 0 unspecified atom stereocenters. The first-order chi connectivity index (χ1) is 11.6. The number of nitrogens with zero attached hydrogens (tertiary/aromatic N) is 2. The summed E-state index contributed by atoms with van der Waals surface area (Å²) < 4.78 is 42.5. The Labute approximate surface area is 143 Å². The van der Waals surface area contributed by atoms with Crippen LogP contribution in [0.2, 0.25) is 5.02 Å². The minimum absolute atomic E-state index is 0.0489. The molecule has 0 aliphatic rings. The van der Waals surface area contributed by atoms with Crippen LogP contribution in [0.15, 0.2) is 30.5 Å². The number of anilines is 1. The monoisotopic (exact) mass is 375 g/mol. The maximum atomic E-state index is 12.6. The minimum atomic E-state index is -4.63. The molecule has 1 heterocycles. The summed E-state index contributed by atoms with van der Waals surface area (Å²) in [7, 11) is 1.23. The molecule has 1 N–H and O–H groups in total. The van der Waals surface area contributed by atoms with E-state index in [0.717, 1.165) is 6.07 Å². The number of carbonyl (C=O) groups excluding carboxylic acids is 1. The first kappa shape index (κ1) is 18.5. The van der Waals surface area contributed by atoms with Crippen molar-refractivity contribution in [1.29, 1.82) is 0 Å². The van der Waals surface area contributed by atoms with Crippen LogP contribution in [-0.2, 0) is 6.18 Å². The Kier molecular flexibility index (Phi) is 5.12. The van der Waals surface area contributed by atoms with Crippen LogP contribution in [-0.4, -0.2) is 22.9 Å². The largest absolute Gasteiger partial charge is 0.490 e. The Balaban J connectivity index is 2.28. The zero-order valence-corrected chi connectivity index (χ0v) is 13.2. The lowest BCUT2D eigenvalue weighted by atomic mass is 10.1. The zero-order valence-electron chi connectivity index (χ0n) is 12.4. The van der Waals surface area contributed by atoms with Crippen LogP contribution in [0, 0.1) is 10.1 Å². The van der Waals surface area contributed by atoms with E-state index in [-0.39, 0.29) is 17.1 Å². The third-order valence-corrected chi connectivity index (χ3v) is 3.33. The van der Waals surface area contributed by atoms with Crippen molar-refractivity contribution < 1.29 is 27.6 Å². The molecule has 0 saturated heterocycles. The van der Waals surface area contributed by atoms with Gasteiger partial charge in [-0.15, -0.1) is 0 Å². The molecule has 0 aliphatic heterocycles. The Morgan fingerprint density at radius 3 is 2.56 bits per heavy atom. The predicted octanol–water partition coefficient (Wildman–Crippen LogP) is 3.92. The summed E-state index contributed by atoms with van der Waals surface area (Å²) in [6.07, 6.45) is -4.12. The Morgan fingerprint density at radius 2 is 2.04 bits per heavy atom. The van der Waals surface area contributed by atoms with Crippen LogP contribution in [0.5, 0.6) is 5.75 Å². The second-order valence-electron chi connectivity index (χ2n) is 4.65. The first-order valence-corrected chi connectivity index (χ1v) is 6.88. The zero-order chi connectivity index (χ0) is 18.8. The average Bonchev–Trinajstić information content (AvgIpc) is 2.54. The lowest BCUT2D eigenvalue weighted by Crippen LogP contribution is -2.15.